The summed E-state index contributed by atoms with van der Waals surface area (Å²) in [5.74, 6) is -1.23. The monoisotopic (exact) mass is 297 g/mol. The summed E-state index contributed by atoms with van der Waals surface area (Å²) in [6.45, 7) is 0. The van der Waals surface area contributed by atoms with Crippen LogP contribution in [0.4, 0.5) is 0 Å². The molecule has 1 heterocycles. The van der Waals surface area contributed by atoms with Gasteiger partial charge in [0.2, 0.25) is 0 Å². The van der Waals surface area contributed by atoms with Gasteiger partial charge in [0.1, 0.15) is 6.04 Å². The second kappa shape index (κ2) is 5.61. The lowest BCUT2D eigenvalue weighted by atomic mass is 10.1. The van der Waals surface area contributed by atoms with Gasteiger partial charge < -0.3 is 10.1 Å². The maximum atomic E-state index is 11.4. The highest BCUT2D eigenvalue weighted by atomic mass is 32.2. The number of rotatable bonds is 6. The van der Waals surface area contributed by atoms with Crippen LogP contribution in [-0.2, 0) is 21.4 Å². The third-order valence-corrected chi connectivity index (χ3v) is 4.10. The van der Waals surface area contributed by atoms with E-state index in [4.69, 9.17) is 5.11 Å². The SMILES string of the molecule is CNS(=O)(=O)N[C@@H](Cc1c[nH]c2ccccc12)C(=O)O. The molecule has 108 valence electrons. The number of H-pyrrole nitrogens is 1. The zero-order valence-electron chi connectivity index (χ0n) is 10.8. The zero-order chi connectivity index (χ0) is 14.8. The van der Waals surface area contributed by atoms with Crippen LogP contribution in [0.1, 0.15) is 5.56 Å². The number of fused-ring (bicyclic) bond motifs is 1. The summed E-state index contributed by atoms with van der Waals surface area (Å²) >= 11 is 0. The van der Waals surface area contributed by atoms with Crippen LogP contribution < -0.4 is 9.44 Å². The van der Waals surface area contributed by atoms with Crippen molar-refractivity contribution < 1.29 is 18.3 Å². The maximum absolute atomic E-state index is 11.4. The van der Waals surface area contributed by atoms with Gasteiger partial charge in [-0.05, 0) is 11.6 Å². The molecule has 0 aliphatic rings. The fourth-order valence-corrected chi connectivity index (χ4v) is 2.62. The van der Waals surface area contributed by atoms with Crippen LogP contribution in [0.3, 0.4) is 0 Å². The average Bonchev–Trinajstić information content (AvgIpc) is 2.81. The van der Waals surface area contributed by atoms with Gasteiger partial charge in [-0.25, -0.2) is 4.72 Å². The fraction of sp³-hybridized carbons (Fsp3) is 0.250. The van der Waals surface area contributed by atoms with Crippen molar-refractivity contribution >= 4 is 27.1 Å². The van der Waals surface area contributed by atoms with Gasteiger partial charge in [-0.2, -0.15) is 13.1 Å². The molecule has 2 aromatic rings. The van der Waals surface area contributed by atoms with Crippen LogP contribution >= 0.6 is 0 Å². The number of carbonyl (C=O) groups is 1. The van der Waals surface area contributed by atoms with Crippen LogP contribution in [0.2, 0.25) is 0 Å². The van der Waals surface area contributed by atoms with Gasteiger partial charge in [0.25, 0.3) is 10.2 Å². The molecule has 0 aliphatic carbocycles. The van der Waals surface area contributed by atoms with E-state index in [1.165, 1.54) is 7.05 Å². The Morgan fingerprint density at radius 3 is 2.75 bits per heavy atom. The Balaban J connectivity index is 2.27. The first-order valence-corrected chi connectivity index (χ1v) is 7.40. The molecule has 20 heavy (non-hydrogen) atoms. The summed E-state index contributed by atoms with van der Waals surface area (Å²) in [6, 6.07) is 6.19. The minimum Gasteiger partial charge on any atom is -0.480 e. The second-order valence-electron chi connectivity index (χ2n) is 4.28. The molecule has 7 nitrogen and oxygen atoms in total. The van der Waals surface area contributed by atoms with Gasteiger partial charge >= 0.3 is 5.97 Å². The number of para-hydroxylation sites is 1. The second-order valence-corrected chi connectivity index (χ2v) is 5.93. The van der Waals surface area contributed by atoms with Crippen LogP contribution in [0.25, 0.3) is 10.9 Å². The summed E-state index contributed by atoms with van der Waals surface area (Å²) < 4.78 is 27.0. The molecule has 4 N–H and O–H groups in total. The van der Waals surface area contributed by atoms with Gasteiger partial charge in [-0.1, -0.05) is 18.2 Å². The smallest absolute Gasteiger partial charge is 0.322 e. The number of hydrogen-bond acceptors (Lipinski definition) is 3. The molecule has 0 aliphatic heterocycles. The Hall–Kier alpha value is -1.90. The molecule has 1 aromatic heterocycles. The van der Waals surface area contributed by atoms with E-state index >= 15 is 0 Å². The first-order valence-electron chi connectivity index (χ1n) is 5.91. The van der Waals surface area contributed by atoms with Crippen molar-refractivity contribution in [3.8, 4) is 0 Å². The lowest BCUT2D eigenvalue weighted by Crippen LogP contribution is -2.46. The maximum Gasteiger partial charge on any atom is 0.322 e. The Morgan fingerprint density at radius 1 is 1.40 bits per heavy atom. The molecule has 0 unspecified atom stereocenters. The molecule has 0 spiro atoms. The topological polar surface area (TPSA) is 111 Å². The number of aliphatic carboxylic acids is 1. The van der Waals surface area contributed by atoms with E-state index in [0.29, 0.717) is 0 Å². The van der Waals surface area contributed by atoms with Gasteiger partial charge in [0, 0.05) is 30.6 Å². The van der Waals surface area contributed by atoms with Gasteiger partial charge in [0.05, 0.1) is 0 Å². The van der Waals surface area contributed by atoms with Crippen LogP contribution in [0.5, 0.6) is 0 Å². The summed E-state index contributed by atoms with van der Waals surface area (Å²) in [6.07, 6.45) is 1.74. The summed E-state index contributed by atoms with van der Waals surface area (Å²) in [5, 5.41) is 10.0. The molecule has 0 saturated carbocycles. The highest BCUT2D eigenvalue weighted by Gasteiger charge is 2.24. The van der Waals surface area contributed by atoms with Crippen molar-refractivity contribution in [2.24, 2.45) is 0 Å². The summed E-state index contributed by atoms with van der Waals surface area (Å²) in [7, 11) is -2.60. The van der Waals surface area contributed by atoms with Crippen molar-refractivity contribution in [1.29, 1.82) is 0 Å². The molecule has 1 aromatic carbocycles. The lowest BCUT2D eigenvalue weighted by molar-refractivity contribution is -0.138. The number of aromatic nitrogens is 1. The Bertz CT molecular complexity index is 723. The predicted octanol–water partition coefficient (Wildman–Crippen LogP) is 0.217. The first-order chi connectivity index (χ1) is 9.43. The molecule has 0 radical (unpaired) electrons. The first kappa shape index (κ1) is 14.5. The largest absolute Gasteiger partial charge is 0.480 e. The van der Waals surface area contributed by atoms with Gasteiger partial charge in [-0.3, -0.25) is 4.79 Å². The number of aromatic amines is 1. The number of hydrogen-bond donors (Lipinski definition) is 4. The average molecular weight is 297 g/mol. The number of carboxylic acids is 1. The van der Waals surface area contributed by atoms with Crippen molar-refractivity contribution in [1.82, 2.24) is 14.4 Å². The summed E-state index contributed by atoms with van der Waals surface area (Å²) in [4.78, 5) is 14.2. The number of nitrogens with one attached hydrogen (secondary N) is 3. The highest BCUT2D eigenvalue weighted by molar-refractivity contribution is 7.87. The molecule has 1 atom stereocenters. The Labute approximate surface area is 116 Å². The minimum atomic E-state index is -3.81. The highest BCUT2D eigenvalue weighted by Crippen LogP contribution is 2.19. The van der Waals surface area contributed by atoms with E-state index in [0.717, 1.165) is 16.5 Å². The zero-order valence-corrected chi connectivity index (χ0v) is 11.6. The van der Waals surface area contributed by atoms with E-state index in [9.17, 15) is 13.2 Å². The number of benzene rings is 1. The molecular weight excluding hydrogens is 282 g/mol. The standard InChI is InChI=1S/C12H15N3O4S/c1-13-20(18,19)15-11(12(16)17)6-8-7-14-10-5-3-2-4-9(8)10/h2-5,7,11,13-15H,6H2,1H3,(H,16,17)/t11-/m0/s1. The van der Waals surface area contributed by atoms with Crippen molar-refractivity contribution in [3.63, 3.8) is 0 Å². The molecular formula is C12H15N3O4S. The molecule has 8 heteroatoms. The Morgan fingerprint density at radius 2 is 2.10 bits per heavy atom. The molecule has 0 fully saturated rings. The van der Waals surface area contributed by atoms with Crippen LogP contribution in [-0.4, -0.2) is 37.6 Å². The third kappa shape index (κ3) is 3.16. The van der Waals surface area contributed by atoms with Gasteiger partial charge in [-0.15, -0.1) is 0 Å². The molecule has 0 saturated heterocycles. The van der Waals surface area contributed by atoms with E-state index in [2.05, 4.69) is 9.71 Å². The van der Waals surface area contributed by atoms with Crippen LogP contribution in [0, 0.1) is 0 Å². The Kier molecular flexibility index (Phi) is 4.07. The summed E-state index contributed by atoms with van der Waals surface area (Å²) in [5.41, 5.74) is 1.62. The van der Waals surface area contributed by atoms with Crippen molar-refractivity contribution in [2.45, 2.75) is 12.5 Å². The number of carboxylic acid groups (broad SMARTS) is 1. The van der Waals surface area contributed by atoms with Crippen molar-refractivity contribution in [3.05, 3.63) is 36.0 Å². The molecule has 0 bridgehead atoms. The lowest BCUT2D eigenvalue weighted by Gasteiger charge is -2.13. The normalized spacial score (nSPS) is 13.4. The van der Waals surface area contributed by atoms with Crippen molar-refractivity contribution in [2.75, 3.05) is 7.05 Å². The third-order valence-electron chi connectivity index (χ3n) is 2.96. The van der Waals surface area contributed by atoms with Crippen LogP contribution in [0.15, 0.2) is 30.5 Å². The van der Waals surface area contributed by atoms with E-state index in [1.807, 2.05) is 29.0 Å². The molecule has 0 amide bonds. The molecule has 2 rings (SSSR count). The van der Waals surface area contributed by atoms with Gasteiger partial charge in [0.15, 0.2) is 0 Å². The van der Waals surface area contributed by atoms with E-state index in [1.54, 1.807) is 6.20 Å². The fourth-order valence-electron chi connectivity index (χ4n) is 1.95. The predicted molar refractivity (Wildman–Crippen MR) is 74.5 cm³/mol. The quantitative estimate of drug-likeness (QED) is 0.611. The van der Waals surface area contributed by atoms with E-state index < -0.39 is 22.2 Å². The van der Waals surface area contributed by atoms with E-state index in [-0.39, 0.29) is 6.42 Å². The minimum absolute atomic E-state index is 0.0558.